The van der Waals surface area contributed by atoms with Crippen molar-refractivity contribution >= 4 is 5.78 Å². The van der Waals surface area contributed by atoms with Crippen molar-refractivity contribution in [3.05, 3.63) is 24.8 Å². The van der Waals surface area contributed by atoms with E-state index in [1.54, 1.807) is 0 Å². The molecule has 1 nitrogen and oxygen atoms in total. The van der Waals surface area contributed by atoms with Gasteiger partial charge in [0.25, 0.3) is 0 Å². The van der Waals surface area contributed by atoms with Crippen LogP contribution in [-0.2, 0) is 4.79 Å². The molecule has 0 N–H and O–H groups in total. The van der Waals surface area contributed by atoms with E-state index in [0.717, 1.165) is 19.3 Å². The van der Waals surface area contributed by atoms with Gasteiger partial charge in [-0.3, -0.25) is 4.79 Å². The number of ketones is 1. The van der Waals surface area contributed by atoms with Crippen LogP contribution in [0.5, 0.6) is 0 Å². The molecule has 0 rings (SSSR count). The molecule has 0 saturated carbocycles. The van der Waals surface area contributed by atoms with Crippen molar-refractivity contribution in [1.82, 2.24) is 0 Å². The van der Waals surface area contributed by atoms with Gasteiger partial charge in [0.05, 0.1) is 0 Å². The SMILES string of the molecule is C=CC(=O)CCCC/C=C/C. The number of allylic oxidation sites excluding steroid dienone is 3. The van der Waals surface area contributed by atoms with Crippen molar-refractivity contribution < 1.29 is 4.79 Å². The highest BCUT2D eigenvalue weighted by atomic mass is 16.1. The Hall–Kier alpha value is -0.850. The van der Waals surface area contributed by atoms with E-state index >= 15 is 0 Å². The Morgan fingerprint density at radius 2 is 2.18 bits per heavy atom. The average Bonchev–Trinajstić information content (AvgIpc) is 2.04. The van der Waals surface area contributed by atoms with Crippen LogP contribution < -0.4 is 0 Å². The maximum absolute atomic E-state index is 10.7. The maximum atomic E-state index is 10.7. The van der Waals surface area contributed by atoms with Crippen molar-refractivity contribution in [2.24, 2.45) is 0 Å². The first kappa shape index (κ1) is 10.2. The maximum Gasteiger partial charge on any atom is 0.155 e. The zero-order valence-corrected chi connectivity index (χ0v) is 7.18. The molecule has 0 saturated heterocycles. The van der Waals surface area contributed by atoms with Crippen LogP contribution in [0.1, 0.15) is 32.6 Å². The molecule has 0 aromatic rings. The van der Waals surface area contributed by atoms with Gasteiger partial charge in [-0.15, -0.1) is 0 Å². The molecule has 0 fully saturated rings. The highest BCUT2D eigenvalue weighted by Gasteiger charge is 1.93. The summed E-state index contributed by atoms with van der Waals surface area (Å²) in [6, 6.07) is 0. The summed E-state index contributed by atoms with van der Waals surface area (Å²) in [7, 11) is 0. The quantitative estimate of drug-likeness (QED) is 0.325. The van der Waals surface area contributed by atoms with Gasteiger partial charge in [0, 0.05) is 6.42 Å². The fourth-order valence-electron chi connectivity index (χ4n) is 0.830. The number of hydrogen-bond acceptors (Lipinski definition) is 1. The lowest BCUT2D eigenvalue weighted by atomic mass is 10.1. The molecule has 0 aliphatic carbocycles. The Morgan fingerprint density at radius 3 is 2.73 bits per heavy atom. The largest absolute Gasteiger partial charge is 0.295 e. The summed E-state index contributed by atoms with van der Waals surface area (Å²) in [6.07, 6.45) is 9.38. The van der Waals surface area contributed by atoms with Gasteiger partial charge in [0.1, 0.15) is 0 Å². The standard InChI is InChI=1S/C10H16O/c1-3-5-6-7-8-9-10(11)4-2/h3-5H,2,6-9H2,1H3/b5-3+. The first-order valence-corrected chi connectivity index (χ1v) is 4.07. The summed E-state index contributed by atoms with van der Waals surface area (Å²) in [5.41, 5.74) is 0. The van der Waals surface area contributed by atoms with Crippen LogP contribution >= 0.6 is 0 Å². The van der Waals surface area contributed by atoms with E-state index in [2.05, 4.69) is 12.7 Å². The van der Waals surface area contributed by atoms with Crippen molar-refractivity contribution in [2.45, 2.75) is 32.6 Å². The predicted molar refractivity (Wildman–Crippen MR) is 48.5 cm³/mol. The van der Waals surface area contributed by atoms with E-state index < -0.39 is 0 Å². The molecule has 0 aliphatic rings. The molecule has 0 aromatic carbocycles. The van der Waals surface area contributed by atoms with Gasteiger partial charge in [-0.25, -0.2) is 0 Å². The molecule has 0 radical (unpaired) electrons. The predicted octanol–water partition coefficient (Wildman–Crippen LogP) is 2.88. The number of unbranched alkanes of at least 4 members (excludes halogenated alkanes) is 2. The van der Waals surface area contributed by atoms with Crippen LogP contribution in [0.15, 0.2) is 24.8 Å². The molecule has 0 atom stereocenters. The Labute approximate surface area is 68.8 Å². The highest BCUT2D eigenvalue weighted by molar-refractivity contribution is 5.88. The first-order valence-electron chi connectivity index (χ1n) is 4.07. The molecule has 0 aliphatic heterocycles. The summed E-state index contributed by atoms with van der Waals surface area (Å²) < 4.78 is 0. The zero-order chi connectivity index (χ0) is 8.53. The molecule has 0 unspecified atom stereocenters. The van der Waals surface area contributed by atoms with Crippen molar-refractivity contribution in [3.8, 4) is 0 Å². The third-order valence-electron chi connectivity index (χ3n) is 1.51. The number of rotatable bonds is 6. The van der Waals surface area contributed by atoms with E-state index in [1.165, 1.54) is 6.08 Å². The minimum Gasteiger partial charge on any atom is -0.295 e. The number of carbonyl (C=O) groups excluding carboxylic acids is 1. The van der Waals surface area contributed by atoms with Crippen LogP contribution in [0, 0.1) is 0 Å². The summed E-state index contributed by atoms with van der Waals surface area (Å²) in [4.78, 5) is 10.7. The molecule has 11 heavy (non-hydrogen) atoms. The lowest BCUT2D eigenvalue weighted by molar-refractivity contribution is -0.114. The van der Waals surface area contributed by atoms with Gasteiger partial charge in [0.2, 0.25) is 0 Å². The number of hydrogen-bond donors (Lipinski definition) is 0. The van der Waals surface area contributed by atoms with Crippen LogP contribution in [0.2, 0.25) is 0 Å². The molecule has 0 spiro atoms. The lowest BCUT2D eigenvalue weighted by Crippen LogP contribution is -1.90. The van der Waals surface area contributed by atoms with Gasteiger partial charge in [-0.1, -0.05) is 18.7 Å². The summed E-state index contributed by atoms with van der Waals surface area (Å²) in [6.45, 7) is 5.42. The second-order valence-corrected chi connectivity index (χ2v) is 2.49. The normalized spacial score (nSPS) is 10.3. The lowest BCUT2D eigenvalue weighted by Gasteiger charge is -1.93. The molecule has 0 heterocycles. The molecule has 0 aromatic heterocycles. The smallest absolute Gasteiger partial charge is 0.155 e. The van der Waals surface area contributed by atoms with E-state index in [9.17, 15) is 4.79 Å². The Balaban J connectivity index is 3.14. The second kappa shape index (κ2) is 7.26. The summed E-state index contributed by atoms with van der Waals surface area (Å²) in [5, 5.41) is 0. The zero-order valence-electron chi connectivity index (χ0n) is 7.18. The fraction of sp³-hybridized carbons (Fsp3) is 0.500. The van der Waals surface area contributed by atoms with Gasteiger partial charge in [-0.05, 0) is 32.3 Å². The summed E-state index contributed by atoms with van der Waals surface area (Å²) in [5.74, 6) is 0.158. The Kier molecular flexibility index (Phi) is 6.70. The molecule has 0 bridgehead atoms. The third-order valence-corrected chi connectivity index (χ3v) is 1.51. The minimum absolute atomic E-state index is 0.158. The Bertz CT molecular complexity index is 145. The van der Waals surface area contributed by atoms with Crippen LogP contribution in [0.3, 0.4) is 0 Å². The van der Waals surface area contributed by atoms with E-state index in [0.29, 0.717) is 6.42 Å². The average molecular weight is 152 g/mol. The Morgan fingerprint density at radius 1 is 1.45 bits per heavy atom. The van der Waals surface area contributed by atoms with E-state index in [-0.39, 0.29) is 5.78 Å². The highest BCUT2D eigenvalue weighted by Crippen LogP contribution is 2.01. The second-order valence-electron chi connectivity index (χ2n) is 2.49. The molecular formula is C10H16O. The molecular weight excluding hydrogens is 136 g/mol. The van der Waals surface area contributed by atoms with Crippen LogP contribution in [0.25, 0.3) is 0 Å². The monoisotopic (exact) mass is 152 g/mol. The van der Waals surface area contributed by atoms with Crippen LogP contribution in [-0.4, -0.2) is 5.78 Å². The summed E-state index contributed by atoms with van der Waals surface area (Å²) >= 11 is 0. The van der Waals surface area contributed by atoms with E-state index in [1.807, 2.05) is 13.0 Å². The van der Waals surface area contributed by atoms with Crippen LogP contribution in [0.4, 0.5) is 0 Å². The molecule has 62 valence electrons. The van der Waals surface area contributed by atoms with Crippen molar-refractivity contribution in [2.75, 3.05) is 0 Å². The molecule has 1 heteroatoms. The molecule has 0 amide bonds. The van der Waals surface area contributed by atoms with Gasteiger partial charge >= 0.3 is 0 Å². The third kappa shape index (κ3) is 7.04. The fourth-order valence-corrected chi connectivity index (χ4v) is 0.830. The van der Waals surface area contributed by atoms with E-state index in [4.69, 9.17) is 0 Å². The van der Waals surface area contributed by atoms with Crippen molar-refractivity contribution in [1.29, 1.82) is 0 Å². The van der Waals surface area contributed by atoms with Gasteiger partial charge in [0.15, 0.2) is 5.78 Å². The van der Waals surface area contributed by atoms with Gasteiger partial charge < -0.3 is 0 Å². The minimum atomic E-state index is 0.158. The first-order chi connectivity index (χ1) is 5.31. The van der Waals surface area contributed by atoms with Gasteiger partial charge in [-0.2, -0.15) is 0 Å². The van der Waals surface area contributed by atoms with Crippen molar-refractivity contribution in [3.63, 3.8) is 0 Å². The number of carbonyl (C=O) groups is 1. The topological polar surface area (TPSA) is 17.1 Å².